The van der Waals surface area contributed by atoms with Crippen LogP contribution in [-0.4, -0.2) is 17.1 Å². The summed E-state index contributed by atoms with van der Waals surface area (Å²) in [6.45, 7) is 3.64. The van der Waals surface area contributed by atoms with Crippen LogP contribution in [0.15, 0.2) is 80.1 Å². The van der Waals surface area contributed by atoms with Gasteiger partial charge < -0.3 is 9.15 Å². The zero-order valence-corrected chi connectivity index (χ0v) is 22.7. The summed E-state index contributed by atoms with van der Waals surface area (Å²) < 4.78 is 13.1. The Labute approximate surface area is 230 Å². The van der Waals surface area contributed by atoms with Gasteiger partial charge >= 0.3 is 5.97 Å². The van der Waals surface area contributed by atoms with Crippen LogP contribution < -0.4 is 14.9 Å². The molecule has 0 spiro atoms. The van der Waals surface area contributed by atoms with E-state index < -0.39 is 12.0 Å². The van der Waals surface area contributed by atoms with Crippen molar-refractivity contribution >= 4 is 58.2 Å². The number of hydrogen-bond donors (Lipinski definition) is 0. The van der Waals surface area contributed by atoms with Crippen molar-refractivity contribution in [3.05, 3.63) is 112 Å². The number of aromatic nitrogens is 1. The highest BCUT2D eigenvalue weighted by molar-refractivity contribution is 7.07. The van der Waals surface area contributed by atoms with Gasteiger partial charge in [-0.15, -0.1) is 0 Å². The van der Waals surface area contributed by atoms with E-state index in [1.165, 1.54) is 15.9 Å². The van der Waals surface area contributed by atoms with Crippen LogP contribution in [0, 0.1) is 0 Å². The van der Waals surface area contributed by atoms with Crippen molar-refractivity contribution in [1.82, 2.24) is 4.57 Å². The van der Waals surface area contributed by atoms with Crippen LogP contribution in [0.4, 0.5) is 0 Å². The van der Waals surface area contributed by atoms with E-state index >= 15 is 0 Å². The molecule has 3 heterocycles. The fourth-order valence-electron chi connectivity index (χ4n) is 4.18. The summed E-state index contributed by atoms with van der Waals surface area (Å²) in [5.74, 6) is 0.454. The third-order valence-corrected chi connectivity index (χ3v) is 7.69. The number of furan rings is 1. The second-order valence-electron chi connectivity index (χ2n) is 8.15. The molecule has 0 saturated heterocycles. The van der Waals surface area contributed by atoms with E-state index in [-0.39, 0.29) is 17.7 Å². The number of benzene rings is 2. The quantitative estimate of drug-likeness (QED) is 0.274. The Morgan fingerprint density at radius 1 is 1.14 bits per heavy atom. The van der Waals surface area contributed by atoms with Gasteiger partial charge in [-0.2, -0.15) is 0 Å². The molecule has 0 radical (unpaired) electrons. The average Bonchev–Trinajstić information content (AvgIpc) is 3.43. The number of esters is 1. The highest BCUT2D eigenvalue weighted by Gasteiger charge is 2.34. The molecule has 37 heavy (non-hydrogen) atoms. The first kappa shape index (κ1) is 25.5. The molecule has 2 aromatic carbocycles. The van der Waals surface area contributed by atoms with Crippen molar-refractivity contribution in [2.24, 2.45) is 4.99 Å². The number of carbonyl (C=O) groups excluding carboxylic acids is 1. The summed E-state index contributed by atoms with van der Waals surface area (Å²) in [7, 11) is 0. The van der Waals surface area contributed by atoms with E-state index in [9.17, 15) is 9.59 Å². The van der Waals surface area contributed by atoms with Crippen molar-refractivity contribution in [2.75, 3.05) is 6.61 Å². The van der Waals surface area contributed by atoms with Crippen molar-refractivity contribution in [3.63, 3.8) is 0 Å². The largest absolute Gasteiger partial charge is 0.463 e. The highest BCUT2D eigenvalue weighted by Crippen LogP contribution is 2.35. The topological polar surface area (TPSA) is 73.8 Å². The molecule has 0 bridgehead atoms. The molecule has 0 unspecified atom stereocenters. The zero-order chi connectivity index (χ0) is 26.3. The average molecular weight is 574 g/mol. The minimum Gasteiger partial charge on any atom is -0.463 e. The molecule has 0 saturated carbocycles. The fraction of sp³-hybridized carbons (Fsp3) is 0.148. The first-order chi connectivity index (χ1) is 17.8. The second kappa shape index (κ2) is 10.3. The molecule has 10 heteroatoms. The molecule has 1 aliphatic rings. The van der Waals surface area contributed by atoms with Crippen LogP contribution in [0.3, 0.4) is 0 Å². The first-order valence-electron chi connectivity index (χ1n) is 11.3. The number of allylic oxidation sites excluding steroid dienone is 1. The van der Waals surface area contributed by atoms with Gasteiger partial charge in [0.05, 0.1) is 27.4 Å². The van der Waals surface area contributed by atoms with E-state index in [1.54, 1.807) is 74.5 Å². The molecule has 0 N–H and O–H groups in total. The third-order valence-electron chi connectivity index (χ3n) is 5.81. The highest BCUT2D eigenvalue weighted by atomic mass is 35.5. The maximum atomic E-state index is 13.7. The molecule has 1 aliphatic heterocycles. The molecule has 6 nitrogen and oxygen atoms in total. The summed E-state index contributed by atoms with van der Waals surface area (Å²) in [6.07, 6.45) is 1.64. The van der Waals surface area contributed by atoms with E-state index in [4.69, 9.17) is 44.0 Å². The van der Waals surface area contributed by atoms with E-state index in [2.05, 4.69) is 4.99 Å². The Hall–Kier alpha value is -3.10. The number of ether oxygens (including phenoxy) is 1. The third kappa shape index (κ3) is 4.80. The SMILES string of the molecule is CCOC(=O)C1=C(C)N=c2s/c(=C\c3ccc(-c4ccc(Cl)cc4Cl)o3)c(=O)n2[C@@H]1c1ccccc1Cl. The van der Waals surface area contributed by atoms with Gasteiger partial charge in [0, 0.05) is 21.7 Å². The van der Waals surface area contributed by atoms with Crippen molar-refractivity contribution in [2.45, 2.75) is 19.9 Å². The lowest BCUT2D eigenvalue weighted by atomic mass is 9.96. The summed E-state index contributed by atoms with van der Waals surface area (Å²) in [6, 6.07) is 15.0. The van der Waals surface area contributed by atoms with Crippen molar-refractivity contribution < 1.29 is 13.9 Å². The van der Waals surface area contributed by atoms with Gasteiger partial charge in [0.2, 0.25) is 0 Å². The monoisotopic (exact) mass is 572 g/mol. The number of carbonyl (C=O) groups is 1. The van der Waals surface area contributed by atoms with Gasteiger partial charge in [-0.05, 0) is 55.8 Å². The Kier molecular flexibility index (Phi) is 7.14. The number of thiazole rings is 1. The Balaban J connectivity index is 1.65. The maximum absolute atomic E-state index is 13.7. The fourth-order valence-corrected chi connectivity index (χ4v) is 5.94. The zero-order valence-electron chi connectivity index (χ0n) is 19.6. The van der Waals surface area contributed by atoms with Crippen LogP contribution in [-0.2, 0) is 9.53 Å². The van der Waals surface area contributed by atoms with E-state index in [1.807, 2.05) is 0 Å². The second-order valence-corrected chi connectivity index (χ2v) is 10.4. The first-order valence-corrected chi connectivity index (χ1v) is 13.2. The molecular weight excluding hydrogens is 555 g/mol. The van der Waals surface area contributed by atoms with Gasteiger partial charge in [0.25, 0.3) is 5.56 Å². The van der Waals surface area contributed by atoms with Gasteiger partial charge in [-0.1, -0.05) is 64.3 Å². The summed E-state index contributed by atoms with van der Waals surface area (Å²) in [4.78, 5) is 31.7. The number of hydrogen-bond acceptors (Lipinski definition) is 6. The molecule has 2 aromatic heterocycles. The minimum absolute atomic E-state index is 0.188. The van der Waals surface area contributed by atoms with Crippen LogP contribution in [0.2, 0.25) is 15.1 Å². The number of fused-ring (bicyclic) bond motifs is 1. The van der Waals surface area contributed by atoms with Gasteiger partial charge in [-0.3, -0.25) is 9.36 Å². The molecule has 188 valence electrons. The molecule has 0 fully saturated rings. The van der Waals surface area contributed by atoms with Crippen LogP contribution in [0.1, 0.15) is 31.2 Å². The van der Waals surface area contributed by atoms with E-state index in [0.29, 0.717) is 52.7 Å². The van der Waals surface area contributed by atoms with E-state index in [0.717, 1.165) is 0 Å². The maximum Gasteiger partial charge on any atom is 0.338 e. The predicted octanol–water partition coefficient (Wildman–Crippen LogP) is 6.02. The van der Waals surface area contributed by atoms with Crippen LogP contribution >= 0.6 is 46.1 Å². The molecule has 0 amide bonds. The Bertz CT molecular complexity index is 1750. The normalized spacial score (nSPS) is 15.5. The van der Waals surface area contributed by atoms with Crippen LogP contribution in [0.25, 0.3) is 17.4 Å². The molecular formula is C27H19Cl3N2O4S. The standard InChI is InChI=1S/C27H19Cl3N2O4S/c1-3-35-26(34)23-14(2)31-27-32(24(23)18-6-4-5-7-19(18)29)25(33)22(37-27)13-16-9-11-21(36-16)17-10-8-15(28)12-20(17)30/h4-13,24H,3H2,1-2H3/b22-13-/t24-/m1/s1. The number of nitrogens with zero attached hydrogens (tertiary/aromatic N) is 2. The summed E-state index contributed by atoms with van der Waals surface area (Å²) in [5.41, 5.74) is 1.69. The molecule has 0 aliphatic carbocycles. The Morgan fingerprint density at radius 2 is 1.92 bits per heavy atom. The summed E-state index contributed by atoms with van der Waals surface area (Å²) >= 11 is 20.0. The Morgan fingerprint density at radius 3 is 2.65 bits per heavy atom. The lowest BCUT2D eigenvalue weighted by molar-refractivity contribution is -0.139. The minimum atomic E-state index is -0.786. The van der Waals surface area contributed by atoms with Crippen molar-refractivity contribution in [3.8, 4) is 11.3 Å². The smallest absolute Gasteiger partial charge is 0.338 e. The molecule has 1 atom stereocenters. The summed E-state index contributed by atoms with van der Waals surface area (Å²) in [5, 5.41) is 1.40. The van der Waals surface area contributed by atoms with Gasteiger partial charge in [-0.25, -0.2) is 9.79 Å². The molecule has 5 rings (SSSR count). The molecule has 4 aromatic rings. The van der Waals surface area contributed by atoms with Crippen LogP contribution in [0.5, 0.6) is 0 Å². The lowest BCUT2D eigenvalue weighted by Crippen LogP contribution is -2.40. The lowest BCUT2D eigenvalue weighted by Gasteiger charge is -2.25. The van der Waals surface area contributed by atoms with Crippen molar-refractivity contribution in [1.29, 1.82) is 0 Å². The predicted molar refractivity (Wildman–Crippen MR) is 146 cm³/mol. The van der Waals surface area contributed by atoms with Gasteiger partial charge in [0.1, 0.15) is 17.6 Å². The number of halogens is 3. The van der Waals surface area contributed by atoms with Gasteiger partial charge in [0.15, 0.2) is 4.80 Å². The number of rotatable bonds is 5.